The SMILES string of the molecule is NNC(=O)c1cc(Cl)n2c(CC3CCC(F)(F)CC3)c(C(F)(F)F)nc2c1. The number of nitrogens with two attached hydrogens (primary N) is 1. The van der Waals surface area contributed by atoms with E-state index in [1.54, 1.807) is 0 Å². The Balaban J connectivity index is 2.05. The summed E-state index contributed by atoms with van der Waals surface area (Å²) in [7, 11) is 0. The van der Waals surface area contributed by atoms with Crippen molar-refractivity contribution in [2.45, 2.75) is 44.2 Å². The highest BCUT2D eigenvalue weighted by Gasteiger charge is 2.40. The molecule has 0 aromatic carbocycles. The van der Waals surface area contributed by atoms with Gasteiger partial charge in [0.15, 0.2) is 5.69 Å². The fourth-order valence-electron chi connectivity index (χ4n) is 3.39. The van der Waals surface area contributed by atoms with E-state index in [2.05, 4.69) is 4.98 Å². The number of hydrogen-bond donors (Lipinski definition) is 2. The van der Waals surface area contributed by atoms with E-state index in [-0.39, 0.29) is 60.1 Å². The van der Waals surface area contributed by atoms with Crippen LogP contribution in [0.25, 0.3) is 5.65 Å². The predicted molar refractivity (Wildman–Crippen MR) is 87.5 cm³/mol. The zero-order valence-corrected chi connectivity index (χ0v) is 14.7. The molecule has 3 rings (SSSR count). The number of alkyl halides is 5. The second-order valence-corrected chi connectivity index (χ2v) is 7.03. The van der Waals surface area contributed by atoms with Crippen LogP contribution < -0.4 is 11.3 Å². The first-order valence-corrected chi connectivity index (χ1v) is 8.56. The van der Waals surface area contributed by atoms with Gasteiger partial charge in [-0.25, -0.2) is 19.6 Å². The number of imidazole rings is 1. The lowest BCUT2D eigenvalue weighted by Gasteiger charge is -2.28. The van der Waals surface area contributed by atoms with Crippen LogP contribution in [-0.4, -0.2) is 21.2 Å². The van der Waals surface area contributed by atoms with Gasteiger partial charge < -0.3 is 0 Å². The van der Waals surface area contributed by atoms with E-state index in [0.29, 0.717) is 0 Å². The van der Waals surface area contributed by atoms with Crippen LogP contribution in [0.4, 0.5) is 22.0 Å². The quantitative estimate of drug-likeness (QED) is 0.264. The zero-order chi connectivity index (χ0) is 20.0. The Morgan fingerprint density at radius 2 is 1.96 bits per heavy atom. The van der Waals surface area contributed by atoms with Crippen molar-refractivity contribution in [2.24, 2.45) is 11.8 Å². The summed E-state index contributed by atoms with van der Waals surface area (Å²) in [6, 6.07) is 2.32. The van der Waals surface area contributed by atoms with Crippen molar-refractivity contribution in [3.05, 3.63) is 34.2 Å². The Hall–Kier alpha value is -1.94. The molecule has 1 amide bonds. The standard InChI is InChI=1S/C16H16ClF5N4O/c17-11-6-9(14(27)25-23)7-12-24-13(16(20,21)22)10(26(11)12)5-8-1-3-15(18,19)4-2-8/h6-8H,1-5,23H2,(H,25,27). The monoisotopic (exact) mass is 410 g/mol. The number of hydrazine groups is 1. The van der Waals surface area contributed by atoms with Crippen LogP contribution in [-0.2, 0) is 12.6 Å². The highest BCUT2D eigenvalue weighted by Crippen LogP contribution is 2.40. The molecule has 11 heteroatoms. The van der Waals surface area contributed by atoms with Crippen molar-refractivity contribution >= 4 is 23.2 Å². The number of pyridine rings is 1. The summed E-state index contributed by atoms with van der Waals surface area (Å²) >= 11 is 6.11. The average Bonchev–Trinajstić information content (AvgIpc) is 2.95. The second-order valence-electron chi connectivity index (χ2n) is 6.64. The van der Waals surface area contributed by atoms with Crippen molar-refractivity contribution in [1.82, 2.24) is 14.8 Å². The molecule has 1 aliphatic carbocycles. The van der Waals surface area contributed by atoms with Gasteiger partial charge >= 0.3 is 6.18 Å². The number of rotatable bonds is 3. The summed E-state index contributed by atoms with van der Waals surface area (Å²) in [5, 5.41) is -0.148. The highest BCUT2D eigenvalue weighted by atomic mass is 35.5. The van der Waals surface area contributed by atoms with Gasteiger partial charge in [-0.2, -0.15) is 13.2 Å². The molecule has 1 aliphatic rings. The first-order valence-electron chi connectivity index (χ1n) is 8.18. The minimum atomic E-state index is -4.75. The smallest absolute Gasteiger partial charge is 0.290 e. The molecule has 0 bridgehead atoms. The van der Waals surface area contributed by atoms with Crippen molar-refractivity contribution in [3.63, 3.8) is 0 Å². The molecule has 0 unspecified atom stereocenters. The topological polar surface area (TPSA) is 72.4 Å². The summed E-state index contributed by atoms with van der Waals surface area (Å²) in [5.74, 6) is 1.20. The van der Waals surface area contributed by atoms with Gasteiger partial charge in [0, 0.05) is 18.4 Å². The molecule has 3 N–H and O–H groups in total. The molecule has 148 valence electrons. The highest BCUT2D eigenvalue weighted by molar-refractivity contribution is 6.30. The minimum absolute atomic E-state index is 0.0439. The van der Waals surface area contributed by atoms with Crippen LogP contribution in [0.2, 0.25) is 5.15 Å². The van der Waals surface area contributed by atoms with Crippen LogP contribution >= 0.6 is 11.6 Å². The molecule has 2 aromatic rings. The molecule has 0 atom stereocenters. The lowest BCUT2D eigenvalue weighted by Crippen LogP contribution is -2.30. The Bertz CT molecular complexity index is 870. The third-order valence-corrected chi connectivity index (χ3v) is 5.03. The molecule has 5 nitrogen and oxygen atoms in total. The van der Waals surface area contributed by atoms with Crippen molar-refractivity contribution in [3.8, 4) is 0 Å². The Kier molecular flexibility index (Phi) is 5.06. The van der Waals surface area contributed by atoms with Gasteiger partial charge in [-0.15, -0.1) is 0 Å². The van der Waals surface area contributed by atoms with Gasteiger partial charge in [-0.05, 0) is 37.3 Å². The van der Waals surface area contributed by atoms with Crippen LogP contribution in [0.5, 0.6) is 0 Å². The number of aromatic nitrogens is 2. The summed E-state index contributed by atoms with van der Waals surface area (Å²) in [4.78, 5) is 15.3. The van der Waals surface area contributed by atoms with Gasteiger partial charge in [0.2, 0.25) is 5.92 Å². The van der Waals surface area contributed by atoms with Crippen LogP contribution in [0, 0.1) is 5.92 Å². The zero-order valence-electron chi connectivity index (χ0n) is 13.9. The number of amides is 1. The van der Waals surface area contributed by atoms with Crippen molar-refractivity contribution < 1.29 is 26.7 Å². The maximum atomic E-state index is 13.5. The lowest BCUT2D eigenvalue weighted by atomic mass is 9.83. The normalized spacial score (nSPS) is 18.0. The fraction of sp³-hybridized carbons (Fsp3) is 0.500. The molecule has 2 aromatic heterocycles. The molecule has 1 saturated carbocycles. The third kappa shape index (κ3) is 4.01. The van der Waals surface area contributed by atoms with Gasteiger partial charge in [-0.1, -0.05) is 11.6 Å². The van der Waals surface area contributed by atoms with Crippen molar-refractivity contribution in [1.29, 1.82) is 0 Å². The molecule has 0 aliphatic heterocycles. The van der Waals surface area contributed by atoms with E-state index >= 15 is 0 Å². The first kappa shape index (κ1) is 19.8. The number of nitrogen functional groups attached to an aromatic ring is 1. The van der Waals surface area contributed by atoms with Gasteiger partial charge in [0.1, 0.15) is 10.8 Å². The maximum Gasteiger partial charge on any atom is 0.435 e. The number of fused-ring (bicyclic) bond motifs is 1. The first-order chi connectivity index (χ1) is 12.5. The molecule has 0 spiro atoms. The lowest BCUT2D eigenvalue weighted by molar-refractivity contribution is -0.141. The molecular formula is C16H16ClF5N4O. The Labute approximate surface area is 155 Å². The number of carbonyl (C=O) groups excluding carboxylic acids is 1. The van der Waals surface area contributed by atoms with E-state index < -0.39 is 23.7 Å². The number of nitrogens with one attached hydrogen (secondary N) is 1. The van der Waals surface area contributed by atoms with E-state index in [0.717, 1.165) is 10.5 Å². The van der Waals surface area contributed by atoms with E-state index in [1.807, 2.05) is 5.43 Å². The van der Waals surface area contributed by atoms with Gasteiger partial charge in [0.05, 0.1) is 5.69 Å². The second kappa shape index (κ2) is 6.90. The number of carbonyl (C=O) groups is 1. The van der Waals surface area contributed by atoms with E-state index in [9.17, 15) is 26.7 Å². The van der Waals surface area contributed by atoms with Gasteiger partial charge in [-0.3, -0.25) is 14.6 Å². The van der Waals surface area contributed by atoms with Crippen LogP contribution in [0.15, 0.2) is 12.1 Å². The summed E-state index contributed by atoms with van der Waals surface area (Å²) in [5.41, 5.74) is 0.335. The largest absolute Gasteiger partial charge is 0.435 e. The molecular weight excluding hydrogens is 395 g/mol. The molecule has 27 heavy (non-hydrogen) atoms. The molecule has 2 heterocycles. The Morgan fingerprint density at radius 3 is 2.52 bits per heavy atom. The summed E-state index contributed by atoms with van der Waals surface area (Å²) in [6.45, 7) is 0. The van der Waals surface area contributed by atoms with Crippen molar-refractivity contribution in [2.75, 3.05) is 0 Å². The van der Waals surface area contributed by atoms with Crippen LogP contribution in [0.1, 0.15) is 47.4 Å². The fourth-order valence-corrected chi connectivity index (χ4v) is 3.70. The number of halogens is 6. The average molecular weight is 411 g/mol. The van der Waals surface area contributed by atoms with Gasteiger partial charge in [0.25, 0.3) is 5.91 Å². The molecule has 0 saturated heterocycles. The summed E-state index contributed by atoms with van der Waals surface area (Å²) < 4.78 is 68.2. The predicted octanol–water partition coefficient (Wildman–Crippen LogP) is 3.98. The van der Waals surface area contributed by atoms with E-state index in [1.165, 1.54) is 6.07 Å². The third-order valence-electron chi connectivity index (χ3n) is 4.75. The minimum Gasteiger partial charge on any atom is -0.290 e. The Morgan fingerprint density at radius 1 is 1.33 bits per heavy atom. The number of nitrogens with zero attached hydrogens (tertiary/aromatic N) is 2. The number of hydrogen-bond acceptors (Lipinski definition) is 3. The maximum absolute atomic E-state index is 13.5. The molecule has 1 fully saturated rings. The van der Waals surface area contributed by atoms with E-state index in [4.69, 9.17) is 17.4 Å². The van der Waals surface area contributed by atoms with Crippen LogP contribution in [0.3, 0.4) is 0 Å². The molecule has 0 radical (unpaired) electrons. The summed E-state index contributed by atoms with van der Waals surface area (Å²) in [6.07, 6.45) is -5.33.